The molecule has 2 N–H and O–H groups in total. The quantitative estimate of drug-likeness (QED) is 0.805. The lowest BCUT2D eigenvalue weighted by Crippen LogP contribution is -2.30. The molecule has 0 fully saturated rings. The van der Waals surface area contributed by atoms with Crippen LogP contribution in [0.2, 0.25) is 15.1 Å². The predicted octanol–water partition coefficient (Wildman–Crippen LogP) is 5.01. The van der Waals surface area contributed by atoms with Crippen molar-refractivity contribution in [1.82, 2.24) is 5.32 Å². The summed E-state index contributed by atoms with van der Waals surface area (Å²) in [5.74, 6) is 0. The Balaban J connectivity index is 1.82. The lowest BCUT2D eigenvalue weighted by molar-refractivity contribution is 0.252. The Kier molecular flexibility index (Phi) is 5.74. The van der Waals surface area contributed by atoms with Crippen LogP contribution in [-0.2, 0) is 6.42 Å². The van der Waals surface area contributed by atoms with Crippen LogP contribution < -0.4 is 10.6 Å². The molecule has 0 saturated carbocycles. The number of carbonyl (C=O) groups is 1. The zero-order chi connectivity index (χ0) is 15.2. The fourth-order valence-corrected chi connectivity index (χ4v) is 2.19. The Morgan fingerprint density at radius 2 is 1.62 bits per heavy atom. The summed E-state index contributed by atoms with van der Waals surface area (Å²) in [6.07, 6.45) is 0.716. The van der Waals surface area contributed by atoms with Gasteiger partial charge in [0.05, 0.1) is 10.7 Å². The first kappa shape index (κ1) is 16.0. The number of rotatable bonds is 4. The molecule has 0 aromatic heterocycles. The Hall–Kier alpha value is -1.42. The van der Waals surface area contributed by atoms with E-state index in [1.807, 2.05) is 24.3 Å². The summed E-state index contributed by atoms with van der Waals surface area (Å²) in [5.41, 5.74) is 1.58. The third-order valence-corrected chi connectivity index (χ3v) is 3.61. The van der Waals surface area contributed by atoms with Gasteiger partial charge in [0.15, 0.2) is 0 Å². The molecule has 0 radical (unpaired) electrons. The van der Waals surface area contributed by atoms with Crippen molar-refractivity contribution >= 4 is 46.5 Å². The third-order valence-electron chi connectivity index (χ3n) is 2.79. The molecule has 0 unspecified atom stereocenters. The maximum absolute atomic E-state index is 11.8. The molecule has 21 heavy (non-hydrogen) atoms. The van der Waals surface area contributed by atoms with Gasteiger partial charge in [-0.3, -0.25) is 0 Å². The van der Waals surface area contributed by atoms with Gasteiger partial charge in [-0.1, -0.05) is 46.9 Å². The van der Waals surface area contributed by atoms with Crippen LogP contribution in [0.5, 0.6) is 0 Å². The van der Waals surface area contributed by atoms with E-state index in [9.17, 15) is 4.79 Å². The van der Waals surface area contributed by atoms with Gasteiger partial charge in [-0.2, -0.15) is 0 Å². The van der Waals surface area contributed by atoms with Gasteiger partial charge >= 0.3 is 6.03 Å². The Morgan fingerprint density at radius 3 is 2.33 bits per heavy atom. The summed E-state index contributed by atoms with van der Waals surface area (Å²) >= 11 is 17.6. The van der Waals surface area contributed by atoms with Crippen molar-refractivity contribution in [2.45, 2.75) is 6.42 Å². The molecular formula is C15H13Cl3N2O. The van der Waals surface area contributed by atoms with Gasteiger partial charge in [0.1, 0.15) is 0 Å². The van der Waals surface area contributed by atoms with Gasteiger partial charge < -0.3 is 10.6 Å². The van der Waals surface area contributed by atoms with Crippen molar-refractivity contribution < 1.29 is 4.79 Å². The summed E-state index contributed by atoms with van der Waals surface area (Å²) in [6, 6.07) is 12.1. The number of halogens is 3. The van der Waals surface area contributed by atoms with Crippen LogP contribution in [0.4, 0.5) is 10.5 Å². The van der Waals surface area contributed by atoms with Crippen LogP contribution in [0, 0.1) is 0 Å². The molecule has 2 aromatic rings. The zero-order valence-electron chi connectivity index (χ0n) is 11.0. The number of nitrogens with one attached hydrogen (secondary N) is 2. The highest BCUT2D eigenvalue weighted by atomic mass is 35.5. The first-order valence-corrected chi connectivity index (χ1v) is 7.42. The molecule has 3 nitrogen and oxygen atoms in total. The van der Waals surface area contributed by atoms with E-state index in [2.05, 4.69) is 10.6 Å². The van der Waals surface area contributed by atoms with E-state index in [1.165, 1.54) is 0 Å². The summed E-state index contributed by atoms with van der Waals surface area (Å²) in [5, 5.41) is 7.06. The highest BCUT2D eigenvalue weighted by Gasteiger charge is 2.06. The van der Waals surface area contributed by atoms with E-state index in [4.69, 9.17) is 34.8 Å². The summed E-state index contributed by atoms with van der Waals surface area (Å²) in [7, 11) is 0. The average Bonchev–Trinajstić information content (AvgIpc) is 2.45. The van der Waals surface area contributed by atoms with E-state index in [1.54, 1.807) is 18.2 Å². The largest absolute Gasteiger partial charge is 0.338 e. The maximum atomic E-state index is 11.8. The molecule has 2 amide bonds. The molecule has 0 saturated heterocycles. The molecule has 0 atom stereocenters. The standard InChI is InChI=1S/C15H13Cl3N2O/c16-11-3-1-10(2-4-11)7-8-19-15(21)20-14-9-12(17)5-6-13(14)18/h1-6,9H,7-8H2,(H2,19,20,21). The lowest BCUT2D eigenvalue weighted by atomic mass is 10.1. The molecule has 110 valence electrons. The molecule has 0 spiro atoms. The van der Waals surface area contributed by atoms with Gasteiger partial charge in [-0.25, -0.2) is 4.79 Å². The minimum Gasteiger partial charge on any atom is -0.338 e. The molecule has 0 bridgehead atoms. The van der Waals surface area contributed by atoms with Crippen LogP contribution >= 0.6 is 34.8 Å². The Morgan fingerprint density at radius 1 is 0.952 bits per heavy atom. The van der Waals surface area contributed by atoms with Crippen molar-refractivity contribution in [3.63, 3.8) is 0 Å². The van der Waals surface area contributed by atoms with E-state index >= 15 is 0 Å². The highest BCUT2D eigenvalue weighted by Crippen LogP contribution is 2.25. The Bertz CT molecular complexity index is 629. The first-order chi connectivity index (χ1) is 10.0. The van der Waals surface area contributed by atoms with Gasteiger partial charge in [0, 0.05) is 16.6 Å². The summed E-state index contributed by atoms with van der Waals surface area (Å²) in [4.78, 5) is 11.8. The van der Waals surface area contributed by atoms with Crippen molar-refractivity contribution in [3.05, 3.63) is 63.1 Å². The topological polar surface area (TPSA) is 41.1 Å². The smallest absolute Gasteiger partial charge is 0.319 e. The lowest BCUT2D eigenvalue weighted by Gasteiger charge is -2.09. The van der Waals surface area contributed by atoms with Crippen molar-refractivity contribution in [2.75, 3.05) is 11.9 Å². The van der Waals surface area contributed by atoms with Crippen LogP contribution in [0.3, 0.4) is 0 Å². The zero-order valence-corrected chi connectivity index (χ0v) is 13.3. The second-order valence-corrected chi connectivity index (χ2v) is 5.66. The SMILES string of the molecule is O=C(NCCc1ccc(Cl)cc1)Nc1cc(Cl)ccc1Cl. The summed E-state index contributed by atoms with van der Waals surface area (Å²) in [6.45, 7) is 0.506. The average molecular weight is 344 g/mol. The van der Waals surface area contributed by atoms with Gasteiger partial charge in [0.25, 0.3) is 0 Å². The molecule has 2 aromatic carbocycles. The van der Waals surface area contributed by atoms with Crippen molar-refractivity contribution in [3.8, 4) is 0 Å². The van der Waals surface area contributed by atoms with Crippen LogP contribution in [-0.4, -0.2) is 12.6 Å². The first-order valence-electron chi connectivity index (χ1n) is 6.29. The van der Waals surface area contributed by atoms with Crippen LogP contribution in [0.1, 0.15) is 5.56 Å². The maximum Gasteiger partial charge on any atom is 0.319 e. The van der Waals surface area contributed by atoms with E-state index < -0.39 is 0 Å². The monoisotopic (exact) mass is 342 g/mol. The Labute approximate surface area is 138 Å². The minimum absolute atomic E-state index is 0.326. The number of hydrogen-bond acceptors (Lipinski definition) is 1. The van der Waals surface area contributed by atoms with E-state index in [-0.39, 0.29) is 6.03 Å². The van der Waals surface area contributed by atoms with Crippen molar-refractivity contribution in [2.24, 2.45) is 0 Å². The van der Waals surface area contributed by atoms with Crippen LogP contribution in [0.15, 0.2) is 42.5 Å². The predicted molar refractivity (Wildman–Crippen MR) is 88.6 cm³/mol. The van der Waals surface area contributed by atoms with Gasteiger partial charge in [0.2, 0.25) is 0 Å². The van der Waals surface area contributed by atoms with Crippen LogP contribution in [0.25, 0.3) is 0 Å². The number of amides is 2. The minimum atomic E-state index is -0.326. The van der Waals surface area contributed by atoms with E-state index in [0.29, 0.717) is 33.7 Å². The molecule has 0 aliphatic carbocycles. The second kappa shape index (κ2) is 7.55. The molecule has 2 rings (SSSR count). The normalized spacial score (nSPS) is 10.2. The number of hydrogen-bond donors (Lipinski definition) is 2. The third kappa shape index (κ3) is 5.12. The van der Waals surface area contributed by atoms with Gasteiger partial charge in [-0.05, 0) is 42.3 Å². The summed E-state index contributed by atoms with van der Waals surface area (Å²) < 4.78 is 0. The molecule has 0 heterocycles. The molecule has 0 aliphatic rings. The number of urea groups is 1. The number of anilines is 1. The second-order valence-electron chi connectivity index (χ2n) is 4.38. The molecular weight excluding hydrogens is 331 g/mol. The van der Waals surface area contributed by atoms with Crippen molar-refractivity contribution in [1.29, 1.82) is 0 Å². The van der Waals surface area contributed by atoms with Gasteiger partial charge in [-0.15, -0.1) is 0 Å². The highest BCUT2D eigenvalue weighted by molar-refractivity contribution is 6.35. The molecule has 6 heteroatoms. The number of benzene rings is 2. The molecule has 0 aliphatic heterocycles. The van der Waals surface area contributed by atoms with E-state index in [0.717, 1.165) is 5.56 Å². The number of carbonyl (C=O) groups excluding carboxylic acids is 1. The fourth-order valence-electron chi connectivity index (χ4n) is 1.73. The fraction of sp³-hybridized carbons (Fsp3) is 0.133.